The lowest BCUT2D eigenvalue weighted by atomic mass is 9.78. The second kappa shape index (κ2) is 25.2. The monoisotopic (exact) mass is 1370 g/mol. The van der Waals surface area contributed by atoms with E-state index in [4.69, 9.17) is 9.31 Å². The maximum Gasteiger partial charge on any atom is 0.494 e. The molecule has 444 valence electrons. The fraction of sp³-hybridized carbons (Fsp3) is 0.0714. The molecule has 0 amide bonds. The highest BCUT2D eigenvalue weighted by Crippen LogP contribution is 2.42. The van der Waals surface area contributed by atoms with Crippen molar-refractivity contribution < 1.29 is 9.31 Å². The number of fused-ring (bicyclic) bond motifs is 9. The summed E-state index contributed by atoms with van der Waals surface area (Å²) in [6, 6.07) is 107. The highest BCUT2D eigenvalue weighted by atomic mass is 79.9. The van der Waals surface area contributed by atoms with Crippen molar-refractivity contribution in [3.8, 4) is 77.9 Å². The van der Waals surface area contributed by atoms with Crippen molar-refractivity contribution in [1.82, 2.24) is 0 Å². The van der Waals surface area contributed by atoms with Crippen LogP contribution in [-0.2, 0) is 9.31 Å². The summed E-state index contributed by atoms with van der Waals surface area (Å²) >= 11 is 12.5. The van der Waals surface area contributed by atoms with E-state index in [2.05, 4.69) is 333 Å². The van der Waals surface area contributed by atoms with Crippen molar-refractivity contribution in [2.24, 2.45) is 0 Å². The standard InChI is InChI=1S/C48H30S2.C24H23BO2S.C12H8Br2/c1-3-19-45-41(17-1)43-23-21-39(29-47(43)49-45)37-15-7-13-35(27-37)33-11-5-9-31(25-33)32-10-6-12-34(26-32)36-14-8-16-38(28-36)40-22-24-44-42-18-2-4-20-46(42)50-48(44)30-40;1-23(2)24(3,4)27-25(26-23)18-9-7-8-16(14-18)17-12-13-20-19-10-5-6-11-21(19)28-22(20)15-17;13-11-5-1-3-9(7-11)10-4-2-6-12(14)8-10/h1-30H;5-15H,1-4H3;1-8H. The first-order chi connectivity index (χ1) is 44.8. The molecule has 1 aliphatic heterocycles. The molecule has 1 saturated heterocycles. The van der Waals surface area contributed by atoms with Crippen LogP contribution in [0, 0.1) is 0 Å². The number of thiophene rings is 3. The molecule has 0 atom stereocenters. The second-order valence-corrected chi connectivity index (χ2v) is 29.6. The Morgan fingerprint density at radius 3 is 0.804 bits per heavy atom. The molecule has 3 aromatic heterocycles. The zero-order chi connectivity index (χ0) is 62.5. The first kappa shape index (κ1) is 59.8. The van der Waals surface area contributed by atoms with Crippen molar-refractivity contribution in [3.05, 3.63) is 306 Å². The summed E-state index contributed by atoms with van der Waals surface area (Å²) in [5, 5.41) is 8.01. The zero-order valence-electron chi connectivity index (χ0n) is 51.2. The Kier molecular flexibility index (Phi) is 16.3. The van der Waals surface area contributed by atoms with Gasteiger partial charge in [0.1, 0.15) is 0 Å². The van der Waals surface area contributed by atoms with Gasteiger partial charge in [0.05, 0.1) is 11.2 Å². The Hall–Kier alpha value is -8.54. The molecule has 0 unspecified atom stereocenters. The fourth-order valence-corrected chi connectivity index (χ4v) is 16.6. The van der Waals surface area contributed by atoms with Crippen LogP contribution in [0.3, 0.4) is 0 Å². The summed E-state index contributed by atoms with van der Waals surface area (Å²) in [4.78, 5) is 0. The van der Waals surface area contributed by atoms with E-state index in [1.165, 1.54) is 138 Å². The van der Waals surface area contributed by atoms with E-state index >= 15 is 0 Å². The number of hydrogen-bond donors (Lipinski definition) is 0. The van der Waals surface area contributed by atoms with Crippen LogP contribution in [0.2, 0.25) is 0 Å². The predicted octanol–water partition coefficient (Wildman–Crippen LogP) is 25.7. The smallest absolute Gasteiger partial charge is 0.399 e. The maximum absolute atomic E-state index is 6.23. The van der Waals surface area contributed by atoms with Gasteiger partial charge in [-0.15, -0.1) is 34.0 Å². The highest BCUT2D eigenvalue weighted by molar-refractivity contribution is 9.10. The van der Waals surface area contributed by atoms with Crippen LogP contribution in [0.25, 0.3) is 138 Å². The van der Waals surface area contributed by atoms with E-state index in [0.717, 1.165) is 14.4 Å². The van der Waals surface area contributed by atoms with Gasteiger partial charge < -0.3 is 9.31 Å². The lowest BCUT2D eigenvalue weighted by Crippen LogP contribution is -2.41. The SMILES string of the molecule is Brc1cccc(-c2cccc(Br)c2)c1.CC1(C)OB(c2cccc(-c3ccc4c(c3)sc3ccccc34)c2)OC1(C)C.c1cc(-c2cccc(-c3cccc(-c4ccc5c(c4)sc4ccccc45)c3)c2)cc(-c2cccc(-c3ccc4c(c3)sc3ccccc34)c2)c1. The van der Waals surface area contributed by atoms with Gasteiger partial charge in [-0.25, -0.2) is 0 Å². The lowest BCUT2D eigenvalue weighted by Gasteiger charge is -2.32. The van der Waals surface area contributed by atoms with Crippen LogP contribution in [0.1, 0.15) is 27.7 Å². The van der Waals surface area contributed by atoms with Gasteiger partial charge in [-0.05, 0) is 196 Å². The average molecular weight is 1370 g/mol. The largest absolute Gasteiger partial charge is 0.494 e. The molecule has 0 saturated carbocycles. The first-order valence-corrected chi connectivity index (χ1v) is 35.0. The van der Waals surface area contributed by atoms with E-state index in [1.807, 2.05) is 58.3 Å². The molecular formula is C84H61BBr2O2S3. The summed E-state index contributed by atoms with van der Waals surface area (Å²) in [5.41, 5.74) is 17.5. The summed E-state index contributed by atoms with van der Waals surface area (Å²) in [6.45, 7) is 8.36. The molecule has 0 N–H and O–H groups in total. The van der Waals surface area contributed by atoms with Crippen LogP contribution in [0.4, 0.5) is 0 Å². The molecule has 17 rings (SSSR count). The molecule has 0 aliphatic carbocycles. The van der Waals surface area contributed by atoms with E-state index < -0.39 is 0 Å². The normalized spacial score (nSPS) is 13.4. The second-order valence-electron chi connectivity index (χ2n) is 24.5. The van der Waals surface area contributed by atoms with Crippen molar-refractivity contribution in [2.45, 2.75) is 38.9 Å². The van der Waals surface area contributed by atoms with Gasteiger partial charge in [0.2, 0.25) is 0 Å². The minimum Gasteiger partial charge on any atom is -0.399 e. The average Bonchev–Trinajstić information content (AvgIpc) is 1.65. The van der Waals surface area contributed by atoms with Gasteiger partial charge in [0.15, 0.2) is 0 Å². The van der Waals surface area contributed by atoms with Crippen LogP contribution in [-0.4, -0.2) is 18.3 Å². The molecule has 2 nitrogen and oxygen atoms in total. The quantitative estimate of drug-likeness (QED) is 0.141. The molecule has 92 heavy (non-hydrogen) atoms. The van der Waals surface area contributed by atoms with Gasteiger partial charge in [-0.2, -0.15) is 0 Å². The third kappa shape index (κ3) is 12.1. The third-order valence-corrected chi connectivity index (χ3v) is 22.4. The van der Waals surface area contributed by atoms with Crippen LogP contribution >= 0.6 is 65.9 Å². The fourth-order valence-electron chi connectivity index (χ4n) is 12.4. The van der Waals surface area contributed by atoms with E-state index in [-0.39, 0.29) is 18.3 Å². The van der Waals surface area contributed by atoms with Crippen molar-refractivity contribution in [3.63, 3.8) is 0 Å². The minimum atomic E-state index is -0.335. The van der Waals surface area contributed by atoms with Gasteiger partial charge in [-0.3, -0.25) is 0 Å². The number of halogens is 2. The van der Waals surface area contributed by atoms with Crippen molar-refractivity contribution >= 4 is 139 Å². The van der Waals surface area contributed by atoms with Crippen LogP contribution in [0.15, 0.2) is 306 Å². The summed E-state index contributed by atoms with van der Waals surface area (Å²) in [5.74, 6) is 0. The van der Waals surface area contributed by atoms with Gasteiger partial charge in [0, 0.05) is 69.5 Å². The molecule has 0 spiro atoms. The summed E-state index contributed by atoms with van der Waals surface area (Å²) < 4.78 is 22.7. The number of rotatable bonds is 8. The minimum absolute atomic E-state index is 0.330. The Bertz CT molecular complexity index is 5180. The Labute approximate surface area is 566 Å². The van der Waals surface area contributed by atoms with Crippen molar-refractivity contribution in [2.75, 3.05) is 0 Å². The Balaban J connectivity index is 0.000000139. The van der Waals surface area contributed by atoms with Gasteiger partial charge in [0.25, 0.3) is 0 Å². The van der Waals surface area contributed by atoms with Gasteiger partial charge in [-0.1, -0.05) is 244 Å². The van der Waals surface area contributed by atoms with E-state index in [9.17, 15) is 0 Å². The van der Waals surface area contributed by atoms with Crippen LogP contribution < -0.4 is 5.46 Å². The topological polar surface area (TPSA) is 18.5 Å². The molecule has 8 heteroatoms. The Morgan fingerprint density at radius 2 is 0.489 bits per heavy atom. The summed E-state index contributed by atoms with van der Waals surface area (Å²) in [7, 11) is -0.335. The number of hydrogen-bond acceptors (Lipinski definition) is 5. The van der Waals surface area contributed by atoms with E-state index in [0.29, 0.717) is 0 Å². The molecule has 1 aliphatic rings. The van der Waals surface area contributed by atoms with Gasteiger partial charge >= 0.3 is 7.12 Å². The molecule has 0 radical (unpaired) electrons. The highest BCUT2D eigenvalue weighted by Gasteiger charge is 2.51. The molecule has 4 heterocycles. The molecule has 0 bridgehead atoms. The summed E-state index contributed by atoms with van der Waals surface area (Å²) in [6.07, 6.45) is 0. The number of benzene rings is 13. The van der Waals surface area contributed by atoms with Crippen molar-refractivity contribution in [1.29, 1.82) is 0 Å². The van der Waals surface area contributed by atoms with E-state index in [1.54, 1.807) is 0 Å². The Morgan fingerprint density at radius 1 is 0.239 bits per heavy atom. The first-order valence-electron chi connectivity index (χ1n) is 31.0. The molecule has 1 fully saturated rings. The predicted molar refractivity (Wildman–Crippen MR) is 407 cm³/mol. The molecule has 16 aromatic rings. The maximum atomic E-state index is 6.23. The third-order valence-electron chi connectivity index (χ3n) is 18.0. The molecular weight excluding hydrogens is 1310 g/mol. The van der Waals surface area contributed by atoms with Crippen LogP contribution in [0.5, 0.6) is 0 Å². The molecule has 13 aromatic carbocycles. The zero-order valence-corrected chi connectivity index (χ0v) is 56.8. The lowest BCUT2D eigenvalue weighted by molar-refractivity contribution is 0.00578.